The standard InChI is InChI=1S/C12H10N4O2S2/c13-8-2-3-9-10(6-8)19-12(16-9)20(17,18)7-11-14-4-1-5-15-11/h1-6H,7,13H2. The molecular weight excluding hydrogens is 296 g/mol. The lowest BCUT2D eigenvalue weighted by Crippen LogP contribution is -2.07. The maximum atomic E-state index is 12.3. The minimum absolute atomic E-state index is 0.0607. The zero-order valence-corrected chi connectivity index (χ0v) is 11.9. The van der Waals surface area contributed by atoms with Crippen molar-refractivity contribution in [1.29, 1.82) is 0 Å². The average molecular weight is 306 g/mol. The van der Waals surface area contributed by atoms with Crippen LogP contribution < -0.4 is 5.73 Å². The SMILES string of the molecule is Nc1ccc2nc(S(=O)(=O)Cc3ncccn3)sc2c1. The Balaban J connectivity index is 2.01. The third-order valence-electron chi connectivity index (χ3n) is 2.60. The molecule has 0 amide bonds. The van der Waals surface area contributed by atoms with Gasteiger partial charge in [0.05, 0.1) is 10.2 Å². The van der Waals surface area contributed by atoms with Crippen LogP contribution in [-0.2, 0) is 15.6 Å². The highest BCUT2D eigenvalue weighted by Gasteiger charge is 2.21. The van der Waals surface area contributed by atoms with Gasteiger partial charge in [-0.1, -0.05) is 0 Å². The fourth-order valence-corrected chi connectivity index (χ4v) is 4.24. The van der Waals surface area contributed by atoms with E-state index in [4.69, 9.17) is 5.73 Å². The van der Waals surface area contributed by atoms with Crippen LogP contribution in [0.1, 0.15) is 5.82 Å². The third kappa shape index (κ3) is 2.47. The van der Waals surface area contributed by atoms with E-state index in [-0.39, 0.29) is 15.9 Å². The second kappa shape index (κ2) is 4.80. The Labute approximate surface area is 119 Å². The lowest BCUT2D eigenvalue weighted by Gasteiger charge is -1.98. The van der Waals surface area contributed by atoms with Gasteiger partial charge in [0.25, 0.3) is 0 Å². The van der Waals surface area contributed by atoms with Crippen molar-refractivity contribution < 1.29 is 8.42 Å². The number of nitrogen functional groups attached to an aromatic ring is 1. The molecule has 6 nitrogen and oxygen atoms in total. The molecule has 0 atom stereocenters. The molecule has 1 aromatic carbocycles. The van der Waals surface area contributed by atoms with Crippen molar-refractivity contribution in [3.05, 3.63) is 42.5 Å². The Morgan fingerprint density at radius 3 is 2.70 bits per heavy atom. The molecule has 0 aliphatic carbocycles. The van der Waals surface area contributed by atoms with E-state index in [9.17, 15) is 8.42 Å². The van der Waals surface area contributed by atoms with E-state index < -0.39 is 9.84 Å². The zero-order valence-electron chi connectivity index (χ0n) is 10.2. The monoisotopic (exact) mass is 306 g/mol. The molecular formula is C12H10N4O2S2. The Bertz CT molecular complexity index is 860. The summed E-state index contributed by atoms with van der Waals surface area (Å²) in [4.78, 5) is 12.0. The molecule has 2 heterocycles. The first-order chi connectivity index (χ1) is 9.54. The van der Waals surface area contributed by atoms with E-state index in [1.807, 2.05) is 0 Å². The fraction of sp³-hybridized carbons (Fsp3) is 0.0833. The van der Waals surface area contributed by atoms with Crippen molar-refractivity contribution in [2.75, 3.05) is 5.73 Å². The summed E-state index contributed by atoms with van der Waals surface area (Å²) in [6, 6.07) is 6.75. The molecule has 2 aromatic heterocycles. The summed E-state index contributed by atoms with van der Waals surface area (Å²) in [7, 11) is -3.55. The Morgan fingerprint density at radius 2 is 1.95 bits per heavy atom. The van der Waals surface area contributed by atoms with Crippen molar-refractivity contribution in [3.63, 3.8) is 0 Å². The van der Waals surface area contributed by atoms with Gasteiger partial charge >= 0.3 is 0 Å². The maximum absolute atomic E-state index is 12.3. The van der Waals surface area contributed by atoms with Crippen LogP contribution in [-0.4, -0.2) is 23.4 Å². The number of aromatic nitrogens is 3. The first kappa shape index (κ1) is 12.9. The molecule has 2 N–H and O–H groups in total. The third-order valence-corrected chi connectivity index (χ3v) is 5.68. The molecule has 0 fully saturated rings. The number of hydrogen-bond acceptors (Lipinski definition) is 7. The summed E-state index contributed by atoms with van der Waals surface area (Å²) in [5.74, 6) is -0.00496. The number of thiazole rings is 1. The number of benzene rings is 1. The molecule has 20 heavy (non-hydrogen) atoms. The van der Waals surface area contributed by atoms with E-state index in [0.717, 1.165) is 16.0 Å². The summed E-state index contributed by atoms with van der Waals surface area (Å²) in [6.45, 7) is 0. The molecule has 0 saturated carbocycles. The molecule has 0 spiro atoms. The summed E-state index contributed by atoms with van der Waals surface area (Å²) < 4.78 is 25.4. The number of nitrogens with two attached hydrogens (primary N) is 1. The number of hydrogen-bond donors (Lipinski definition) is 1. The van der Waals surface area contributed by atoms with Crippen LogP contribution in [0.15, 0.2) is 41.0 Å². The molecule has 8 heteroatoms. The predicted octanol–water partition coefficient (Wildman–Crippen LogP) is 1.64. The minimum Gasteiger partial charge on any atom is -0.399 e. The number of nitrogens with zero attached hydrogens (tertiary/aromatic N) is 3. The molecule has 3 rings (SSSR count). The Hall–Kier alpha value is -2.06. The molecule has 0 saturated heterocycles. The normalized spacial score (nSPS) is 11.8. The predicted molar refractivity (Wildman–Crippen MR) is 77.0 cm³/mol. The molecule has 0 aliphatic heterocycles. The average Bonchev–Trinajstić information content (AvgIpc) is 2.83. The second-order valence-electron chi connectivity index (χ2n) is 4.13. The first-order valence-corrected chi connectivity index (χ1v) is 8.16. The molecule has 0 radical (unpaired) electrons. The Kier molecular flexibility index (Phi) is 3.11. The van der Waals surface area contributed by atoms with Crippen LogP contribution >= 0.6 is 11.3 Å². The van der Waals surface area contributed by atoms with Gasteiger partial charge in [-0.15, -0.1) is 11.3 Å². The minimum atomic E-state index is -3.55. The zero-order chi connectivity index (χ0) is 14.2. The molecule has 102 valence electrons. The molecule has 3 aromatic rings. The van der Waals surface area contributed by atoms with E-state index >= 15 is 0 Å². The van der Waals surface area contributed by atoms with Gasteiger partial charge in [-0.25, -0.2) is 23.4 Å². The smallest absolute Gasteiger partial charge is 0.212 e. The van der Waals surface area contributed by atoms with Gasteiger partial charge in [-0.3, -0.25) is 0 Å². The number of anilines is 1. The van der Waals surface area contributed by atoms with Gasteiger partial charge in [-0.2, -0.15) is 0 Å². The first-order valence-electron chi connectivity index (χ1n) is 5.69. The lowest BCUT2D eigenvalue weighted by molar-refractivity contribution is 0.593. The van der Waals surface area contributed by atoms with Crippen LogP contribution in [0, 0.1) is 0 Å². The molecule has 0 bridgehead atoms. The van der Waals surface area contributed by atoms with Crippen molar-refractivity contribution in [3.8, 4) is 0 Å². The highest BCUT2D eigenvalue weighted by Crippen LogP contribution is 2.28. The molecule has 0 unspecified atom stereocenters. The van der Waals surface area contributed by atoms with Gasteiger partial charge in [0.1, 0.15) is 11.6 Å². The van der Waals surface area contributed by atoms with Crippen LogP contribution in [0.3, 0.4) is 0 Å². The number of fused-ring (bicyclic) bond motifs is 1. The van der Waals surface area contributed by atoms with Gasteiger partial charge < -0.3 is 5.73 Å². The van der Waals surface area contributed by atoms with Crippen molar-refractivity contribution in [2.24, 2.45) is 0 Å². The summed E-state index contributed by atoms with van der Waals surface area (Å²) in [5, 5.41) is 0. The highest BCUT2D eigenvalue weighted by atomic mass is 32.2. The second-order valence-corrected chi connectivity index (χ2v) is 7.32. The van der Waals surface area contributed by atoms with E-state index in [1.165, 1.54) is 12.4 Å². The highest BCUT2D eigenvalue weighted by molar-refractivity contribution is 7.92. The van der Waals surface area contributed by atoms with Gasteiger partial charge in [0.2, 0.25) is 14.2 Å². The number of rotatable bonds is 3. The topological polar surface area (TPSA) is 98.8 Å². The van der Waals surface area contributed by atoms with E-state index in [1.54, 1.807) is 24.3 Å². The Morgan fingerprint density at radius 1 is 1.20 bits per heavy atom. The summed E-state index contributed by atoms with van der Waals surface area (Å²) in [5.41, 5.74) is 6.88. The van der Waals surface area contributed by atoms with Gasteiger partial charge in [0, 0.05) is 18.1 Å². The van der Waals surface area contributed by atoms with Crippen LogP contribution in [0.2, 0.25) is 0 Å². The summed E-state index contributed by atoms with van der Waals surface area (Å²) >= 11 is 1.10. The maximum Gasteiger partial charge on any atom is 0.212 e. The lowest BCUT2D eigenvalue weighted by atomic mass is 10.3. The largest absolute Gasteiger partial charge is 0.399 e. The van der Waals surface area contributed by atoms with E-state index in [2.05, 4.69) is 15.0 Å². The van der Waals surface area contributed by atoms with Crippen LogP contribution in [0.4, 0.5) is 5.69 Å². The van der Waals surface area contributed by atoms with Crippen molar-refractivity contribution >= 4 is 37.1 Å². The van der Waals surface area contributed by atoms with Gasteiger partial charge in [-0.05, 0) is 24.3 Å². The van der Waals surface area contributed by atoms with Crippen molar-refractivity contribution in [2.45, 2.75) is 10.1 Å². The van der Waals surface area contributed by atoms with Crippen LogP contribution in [0.25, 0.3) is 10.2 Å². The quantitative estimate of drug-likeness (QED) is 0.739. The fourth-order valence-electron chi connectivity index (χ4n) is 1.69. The molecule has 0 aliphatic rings. The van der Waals surface area contributed by atoms with E-state index in [0.29, 0.717) is 11.2 Å². The van der Waals surface area contributed by atoms with Gasteiger partial charge in [0.15, 0.2) is 0 Å². The van der Waals surface area contributed by atoms with Crippen molar-refractivity contribution in [1.82, 2.24) is 15.0 Å². The van der Waals surface area contributed by atoms with Crippen LogP contribution in [0.5, 0.6) is 0 Å². The summed E-state index contributed by atoms with van der Waals surface area (Å²) in [6.07, 6.45) is 3.02. The number of sulfone groups is 1.